The fourth-order valence-electron chi connectivity index (χ4n) is 2.95. The maximum absolute atomic E-state index is 11.5. The Bertz CT molecular complexity index is 840. The molecule has 1 heterocycles. The van der Waals surface area contributed by atoms with Crippen molar-refractivity contribution in [1.82, 2.24) is 15.2 Å². The van der Waals surface area contributed by atoms with Gasteiger partial charge in [0.1, 0.15) is 0 Å². The number of hydrogen-bond donors (Lipinski definition) is 4. The number of aromatic nitrogens is 1. The van der Waals surface area contributed by atoms with E-state index in [0.717, 1.165) is 16.5 Å². The number of nitrogens with zero attached hydrogens (tertiary/aromatic N) is 1. The number of carboxylic acids is 1. The first-order valence-corrected chi connectivity index (χ1v) is 10.5. The fraction of sp³-hybridized carbons (Fsp3) is 0.500. The molecular formula is C22H34N4O5. The van der Waals surface area contributed by atoms with Crippen LogP contribution in [0.15, 0.2) is 24.4 Å². The summed E-state index contributed by atoms with van der Waals surface area (Å²) in [6.45, 7) is 10.5. The smallest absolute Gasteiger partial charge is 0.411 e. The fourth-order valence-corrected chi connectivity index (χ4v) is 2.95. The van der Waals surface area contributed by atoms with Crippen molar-refractivity contribution in [2.24, 2.45) is 0 Å². The van der Waals surface area contributed by atoms with Crippen LogP contribution in [0.5, 0.6) is 0 Å². The van der Waals surface area contributed by atoms with Crippen LogP contribution in [0.3, 0.4) is 0 Å². The maximum Gasteiger partial charge on any atom is 0.411 e. The molecule has 0 radical (unpaired) electrons. The molecule has 2 rings (SSSR count). The normalized spacial score (nSPS) is 10.4. The molecule has 2 aromatic rings. The first-order chi connectivity index (χ1) is 14.8. The third-order valence-corrected chi connectivity index (χ3v) is 4.82. The minimum absolute atomic E-state index is 0.0313. The summed E-state index contributed by atoms with van der Waals surface area (Å²) in [5.41, 5.74) is 2.51. The van der Waals surface area contributed by atoms with Gasteiger partial charge in [0.15, 0.2) is 0 Å². The van der Waals surface area contributed by atoms with E-state index in [0.29, 0.717) is 18.7 Å². The molecule has 0 bridgehead atoms. The van der Waals surface area contributed by atoms with Crippen molar-refractivity contribution in [1.29, 1.82) is 0 Å². The lowest BCUT2D eigenvalue weighted by molar-refractivity contribution is -0.138. The van der Waals surface area contributed by atoms with Crippen molar-refractivity contribution >= 4 is 34.6 Å². The minimum Gasteiger partial charge on any atom is -0.481 e. The Kier molecular flexibility index (Phi) is 11.7. The lowest BCUT2D eigenvalue weighted by Crippen LogP contribution is -2.25. The average molecular weight is 435 g/mol. The summed E-state index contributed by atoms with van der Waals surface area (Å²) in [5.74, 6) is -1.28. The summed E-state index contributed by atoms with van der Waals surface area (Å²) < 4.78 is 4.56. The number of rotatable bonds is 10. The van der Waals surface area contributed by atoms with Gasteiger partial charge in [0.25, 0.3) is 0 Å². The topological polar surface area (TPSA) is 124 Å². The molecule has 4 N–H and O–H groups in total. The number of fused-ring (bicyclic) bond motifs is 1. The van der Waals surface area contributed by atoms with E-state index < -0.39 is 12.1 Å². The second-order valence-corrected chi connectivity index (χ2v) is 6.80. The average Bonchev–Trinajstić information content (AvgIpc) is 3.16. The van der Waals surface area contributed by atoms with Gasteiger partial charge in [-0.05, 0) is 49.8 Å². The number of aliphatic carboxylic acids is 1. The van der Waals surface area contributed by atoms with Gasteiger partial charge in [0, 0.05) is 35.8 Å². The largest absolute Gasteiger partial charge is 0.481 e. The molecule has 0 aliphatic carbocycles. The summed E-state index contributed by atoms with van der Waals surface area (Å²) in [6.07, 6.45) is 1.67. The number of aromatic amines is 1. The first-order valence-electron chi connectivity index (χ1n) is 10.5. The highest BCUT2D eigenvalue weighted by Gasteiger charge is 2.08. The van der Waals surface area contributed by atoms with Crippen molar-refractivity contribution in [3.05, 3.63) is 30.0 Å². The van der Waals surface area contributed by atoms with Crippen LogP contribution in [-0.2, 0) is 20.7 Å². The molecule has 31 heavy (non-hydrogen) atoms. The molecule has 0 fully saturated rings. The molecule has 0 atom stereocenters. The molecule has 1 aromatic heterocycles. The number of hydrogen-bond acceptors (Lipinski definition) is 5. The van der Waals surface area contributed by atoms with Gasteiger partial charge in [0.05, 0.1) is 13.5 Å². The molecule has 0 unspecified atom stereocenters. The van der Waals surface area contributed by atoms with Crippen molar-refractivity contribution in [2.45, 2.75) is 40.0 Å². The highest BCUT2D eigenvalue weighted by atomic mass is 16.5. The Morgan fingerprint density at radius 1 is 1.10 bits per heavy atom. The first kappa shape index (κ1) is 26.0. The molecule has 0 saturated heterocycles. The summed E-state index contributed by atoms with van der Waals surface area (Å²) in [7, 11) is 1.29. The molecule has 2 amide bonds. The van der Waals surface area contributed by atoms with E-state index in [9.17, 15) is 14.4 Å². The van der Waals surface area contributed by atoms with Crippen LogP contribution in [0.4, 0.5) is 10.5 Å². The van der Waals surface area contributed by atoms with Gasteiger partial charge >= 0.3 is 12.1 Å². The number of methoxy groups -OCH3 is 1. The van der Waals surface area contributed by atoms with E-state index in [1.807, 2.05) is 18.3 Å². The molecule has 0 aliphatic rings. The van der Waals surface area contributed by atoms with E-state index >= 15 is 0 Å². The van der Waals surface area contributed by atoms with Crippen LogP contribution in [0.2, 0.25) is 0 Å². The van der Waals surface area contributed by atoms with E-state index in [-0.39, 0.29) is 18.7 Å². The zero-order valence-electron chi connectivity index (χ0n) is 18.8. The van der Waals surface area contributed by atoms with Crippen LogP contribution >= 0.6 is 0 Å². The van der Waals surface area contributed by atoms with Gasteiger partial charge in [-0.25, -0.2) is 4.79 Å². The van der Waals surface area contributed by atoms with Crippen molar-refractivity contribution < 1.29 is 24.2 Å². The standard InChI is InChI=1S/C16H19N3O5.C6H15N/c1-24-16(23)19-11-2-3-13-12(8-11)10(9-18-13)6-7-17-14(20)4-5-15(21)22;1-4-7(5-2)6-3/h2-3,8-9,18H,4-7H2,1H3,(H,17,20)(H,19,23)(H,21,22);4-6H2,1-3H3. The van der Waals surface area contributed by atoms with E-state index in [1.165, 1.54) is 26.7 Å². The molecule has 0 spiro atoms. The van der Waals surface area contributed by atoms with Crippen LogP contribution in [0, 0.1) is 0 Å². The number of ether oxygens (including phenoxy) is 1. The SMILES string of the molecule is CCN(CC)CC.COC(=O)Nc1ccc2[nH]cc(CCNC(=O)CCC(=O)O)c2c1. The third kappa shape index (κ3) is 9.52. The molecule has 172 valence electrons. The predicted octanol–water partition coefficient (Wildman–Crippen LogP) is 3.22. The van der Waals surface area contributed by atoms with Gasteiger partial charge < -0.3 is 25.0 Å². The number of nitrogens with one attached hydrogen (secondary N) is 3. The van der Waals surface area contributed by atoms with Gasteiger partial charge in [-0.1, -0.05) is 20.8 Å². The van der Waals surface area contributed by atoms with E-state index in [4.69, 9.17) is 5.11 Å². The summed E-state index contributed by atoms with van der Waals surface area (Å²) in [4.78, 5) is 38.7. The molecule has 1 aromatic carbocycles. The predicted molar refractivity (Wildman–Crippen MR) is 121 cm³/mol. The zero-order valence-corrected chi connectivity index (χ0v) is 18.8. The zero-order chi connectivity index (χ0) is 23.2. The number of benzene rings is 1. The maximum atomic E-state index is 11.5. The third-order valence-electron chi connectivity index (χ3n) is 4.82. The lowest BCUT2D eigenvalue weighted by atomic mass is 10.1. The van der Waals surface area contributed by atoms with Gasteiger partial charge in [-0.3, -0.25) is 14.9 Å². The number of anilines is 1. The van der Waals surface area contributed by atoms with Crippen LogP contribution in [0.25, 0.3) is 10.9 Å². The van der Waals surface area contributed by atoms with Crippen molar-refractivity contribution in [2.75, 3.05) is 38.6 Å². The Hall–Kier alpha value is -3.07. The molecule has 0 saturated carbocycles. The quantitative estimate of drug-likeness (QED) is 0.455. The Balaban J connectivity index is 0.000000592. The lowest BCUT2D eigenvalue weighted by Gasteiger charge is -2.13. The highest BCUT2D eigenvalue weighted by molar-refractivity contribution is 5.91. The van der Waals surface area contributed by atoms with Crippen LogP contribution in [-0.4, -0.2) is 66.2 Å². The summed E-state index contributed by atoms with van der Waals surface area (Å²) >= 11 is 0. The number of carbonyl (C=O) groups excluding carboxylic acids is 2. The van der Waals surface area contributed by atoms with Gasteiger partial charge in [-0.2, -0.15) is 0 Å². The van der Waals surface area contributed by atoms with E-state index in [2.05, 4.69) is 46.0 Å². The highest BCUT2D eigenvalue weighted by Crippen LogP contribution is 2.22. The summed E-state index contributed by atoms with van der Waals surface area (Å²) in [6, 6.07) is 5.42. The van der Waals surface area contributed by atoms with Crippen molar-refractivity contribution in [3.63, 3.8) is 0 Å². The van der Waals surface area contributed by atoms with Crippen molar-refractivity contribution in [3.8, 4) is 0 Å². The molecular weight excluding hydrogens is 400 g/mol. The summed E-state index contributed by atoms with van der Waals surface area (Å²) in [5, 5.41) is 14.8. The molecule has 9 nitrogen and oxygen atoms in total. The van der Waals surface area contributed by atoms with Crippen LogP contribution in [0.1, 0.15) is 39.2 Å². The Labute approximate surface area is 183 Å². The number of H-pyrrole nitrogens is 1. The Morgan fingerprint density at radius 3 is 2.32 bits per heavy atom. The Morgan fingerprint density at radius 2 is 1.77 bits per heavy atom. The second-order valence-electron chi connectivity index (χ2n) is 6.80. The molecule has 9 heteroatoms. The second kappa shape index (κ2) is 14.0. The van der Waals surface area contributed by atoms with Gasteiger partial charge in [-0.15, -0.1) is 0 Å². The number of carboxylic acid groups (broad SMARTS) is 1. The number of carbonyl (C=O) groups is 3. The molecule has 0 aliphatic heterocycles. The van der Waals surface area contributed by atoms with Crippen LogP contribution < -0.4 is 10.6 Å². The monoisotopic (exact) mass is 434 g/mol. The minimum atomic E-state index is -0.993. The van der Waals surface area contributed by atoms with Gasteiger partial charge in [0.2, 0.25) is 5.91 Å². The number of amides is 2. The van der Waals surface area contributed by atoms with E-state index in [1.54, 1.807) is 6.07 Å².